The topological polar surface area (TPSA) is 40.2 Å². The van der Waals surface area contributed by atoms with Gasteiger partial charge in [-0.3, -0.25) is 0 Å². The summed E-state index contributed by atoms with van der Waals surface area (Å²) in [5.74, 6) is 0. The van der Waals surface area contributed by atoms with Crippen molar-refractivity contribution in [2.24, 2.45) is 0 Å². The van der Waals surface area contributed by atoms with Gasteiger partial charge in [0.2, 0.25) is 0 Å². The van der Waals surface area contributed by atoms with Crippen molar-refractivity contribution in [2.45, 2.75) is 18.8 Å². The van der Waals surface area contributed by atoms with Crippen LogP contribution >= 0.6 is 0 Å². The van der Waals surface area contributed by atoms with Gasteiger partial charge in [0.25, 0.3) is 0 Å². The van der Waals surface area contributed by atoms with E-state index < -0.39 is 0 Å². The predicted molar refractivity (Wildman–Crippen MR) is 40.9 cm³/mol. The molecule has 2 atom stereocenters. The molecular weight excluding hydrogens is 160 g/mol. The maximum atomic E-state index is 5.29. The van der Waals surface area contributed by atoms with Crippen molar-refractivity contribution in [3.63, 3.8) is 0 Å². The van der Waals surface area contributed by atoms with Gasteiger partial charge in [-0.1, -0.05) is 0 Å². The highest BCUT2D eigenvalue weighted by atomic mass is 16.7. The van der Waals surface area contributed by atoms with Crippen LogP contribution in [0, 0.1) is 0 Å². The Labute approximate surface area is 71.7 Å². The zero-order valence-electron chi connectivity index (χ0n) is 7.03. The van der Waals surface area contributed by atoms with Gasteiger partial charge in [-0.25, -0.2) is 0 Å². The lowest BCUT2D eigenvalue weighted by atomic mass is 10.3. The standard InChI is InChI=1S/C8H14O4/c1-2-10-8(1)11-4-3-9-5-7-6-12-7/h7-8H,1-6H2. The number of epoxide rings is 1. The first-order valence-corrected chi connectivity index (χ1v) is 4.38. The summed E-state index contributed by atoms with van der Waals surface area (Å²) in [6.07, 6.45) is 1.40. The molecule has 2 fully saturated rings. The van der Waals surface area contributed by atoms with E-state index in [0.29, 0.717) is 25.9 Å². The fourth-order valence-electron chi connectivity index (χ4n) is 0.963. The fourth-order valence-corrected chi connectivity index (χ4v) is 0.963. The van der Waals surface area contributed by atoms with Crippen molar-refractivity contribution in [3.8, 4) is 0 Å². The van der Waals surface area contributed by atoms with Crippen molar-refractivity contribution in [3.05, 3.63) is 0 Å². The van der Waals surface area contributed by atoms with E-state index in [9.17, 15) is 0 Å². The van der Waals surface area contributed by atoms with Crippen LogP contribution in [0.1, 0.15) is 6.42 Å². The summed E-state index contributed by atoms with van der Waals surface area (Å²) in [7, 11) is 0. The smallest absolute Gasteiger partial charge is 0.159 e. The van der Waals surface area contributed by atoms with Gasteiger partial charge in [-0.2, -0.15) is 0 Å². The predicted octanol–water partition coefficient (Wildman–Crippen LogP) is 0.165. The summed E-state index contributed by atoms with van der Waals surface area (Å²) in [4.78, 5) is 0. The minimum atomic E-state index is 0.0331. The lowest BCUT2D eigenvalue weighted by Crippen LogP contribution is -2.30. The second-order valence-electron chi connectivity index (χ2n) is 2.99. The van der Waals surface area contributed by atoms with Gasteiger partial charge in [-0.05, 0) is 0 Å². The molecule has 0 aliphatic carbocycles. The molecule has 2 aliphatic heterocycles. The van der Waals surface area contributed by atoms with E-state index in [1.54, 1.807) is 0 Å². The Balaban J connectivity index is 1.35. The molecule has 0 spiro atoms. The second kappa shape index (κ2) is 4.18. The largest absolute Gasteiger partial charge is 0.376 e. The van der Waals surface area contributed by atoms with Gasteiger partial charge in [0.05, 0.1) is 33.0 Å². The maximum absolute atomic E-state index is 5.29. The van der Waals surface area contributed by atoms with E-state index in [4.69, 9.17) is 18.9 Å². The molecule has 0 aromatic rings. The molecule has 4 nitrogen and oxygen atoms in total. The molecule has 4 heteroatoms. The van der Waals surface area contributed by atoms with Crippen LogP contribution in [0.4, 0.5) is 0 Å². The fraction of sp³-hybridized carbons (Fsp3) is 1.00. The SMILES string of the molecule is C(COC1CCO1)OCC1CO1. The summed E-state index contributed by atoms with van der Waals surface area (Å²) in [6, 6.07) is 0. The van der Waals surface area contributed by atoms with Gasteiger partial charge in [-0.15, -0.1) is 0 Å². The van der Waals surface area contributed by atoms with E-state index >= 15 is 0 Å². The molecule has 0 saturated carbocycles. The van der Waals surface area contributed by atoms with Crippen LogP contribution in [0.3, 0.4) is 0 Å². The van der Waals surface area contributed by atoms with E-state index in [-0.39, 0.29) is 6.29 Å². The van der Waals surface area contributed by atoms with Gasteiger partial charge >= 0.3 is 0 Å². The molecule has 70 valence electrons. The average Bonchev–Trinajstić information content (AvgIpc) is 2.76. The molecule has 0 N–H and O–H groups in total. The van der Waals surface area contributed by atoms with Crippen LogP contribution in [0.15, 0.2) is 0 Å². The normalized spacial score (nSPS) is 33.0. The number of rotatable bonds is 6. The van der Waals surface area contributed by atoms with Gasteiger partial charge < -0.3 is 18.9 Å². The van der Waals surface area contributed by atoms with Crippen LogP contribution in [0.2, 0.25) is 0 Å². The van der Waals surface area contributed by atoms with Crippen LogP contribution in [-0.2, 0) is 18.9 Å². The van der Waals surface area contributed by atoms with E-state index in [2.05, 4.69) is 0 Å². The second-order valence-corrected chi connectivity index (χ2v) is 2.99. The number of ether oxygens (including phenoxy) is 4. The van der Waals surface area contributed by atoms with Crippen LogP contribution < -0.4 is 0 Å². The molecular formula is C8H14O4. The summed E-state index contributed by atoms with van der Waals surface area (Å²) in [5, 5.41) is 0. The summed E-state index contributed by atoms with van der Waals surface area (Å²) in [6.45, 7) is 3.65. The summed E-state index contributed by atoms with van der Waals surface area (Å²) >= 11 is 0. The highest BCUT2D eigenvalue weighted by Crippen LogP contribution is 2.12. The molecule has 0 bridgehead atoms. The van der Waals surface area contributed by atoms with Crippen LogP contribution in [0.5, 0.6) is 0 Å². The van der Waals surface area contributed by atoms with E-state index in [1.807, 2.05) is 0 Å². The summed E-state index contributed by atoms with van der Waals surface area (Å²) in [5.41, 5.74) is 0. The zero-order valence-corrected chi connectivity index (χ0v) is 7.03. The number of hydrogen-bond donors (Lipinski definition) is 0. The lowest BCUT2D eigenvalue weighted by Gasteiger charge is -2.25. The molecule has 2 saturated heterocycles. The zero-order chi connectivity index (χ0) is 8.23. The Morgan fingerprint density at radius 1 is 1.25 bits per heavy atom. The maximum Gasteiger partial charge on any atom is 0.159 e. The highest BCUT2D eigenvalue weighted by molar-refractivity contribution is 4.67. The van der Waals surface area contributed by atoms with Gasteiger partial charge in [0.15, 0.2) is 6.29 Å². The average molecular weight is 174 g/mol. The quantitative estimate of drug-likeness (QED) is 0.425. The van der Waals surface area contributed by atoms with Crippen molar-refractivity contribution in [1.29, 1.82) is 0 Å². The molecule has 2 rings (SSSR count). The molecule has 0 aromatic carbocycles. The third-order valence-electron chi connectivity index (χ3n) is 1.89. The van der Waals surface area contributed by atoms with E-state index in [1.165, 1.54) is 0 Å². The molecule has 0 aromatic heterocycles. The highest BCUT2D eigenvalue weighted by Gasteiger charge is 2.22. The Morgan fingerprint density at radius 3 is 2.67 bits per heavy atom. The molecule has 2 heterocycles. The Kier molecular flexibility index (Phi) is 2.94. The number of hydrogen-bond acceptors (Lipinski definition) is 4. The molecule has 2 aliphatic rings. The van der Waals surface area contributed by atoms with E-state index in [0.717, 1.165) is 19.6 Å². The molecule has 2 unspecified atom stereocenters. The van der Waals surface area contributed by atoms with Crippen molar-refractivity contribution in [2.75, 3.05) is 33.0 Å². The van der Waals surface area contributed by atoms with Gasteiger partial charge in [0.1, 0.15) is 6.10 Å². The Bertz CT molecular complexity index is 131. The van der Waals surface area contributed by atoms with Crippen molar-refractivity contribution in [1.82, 2.24) is 0 Å². The monoisotopic (exact) mass is 174 g/mol. The van der Waals surface area contributed by atoms with Crippen molar-refractivity contribution >= 4 is 0 Å². The third-order valence-corrected chi connectivity index (χ3v) is 1.89. The minimum absolute atomic E-state index is 0.0331. The van der Waals surface area contributed by atoms with Gasteiger partial charge in [0, 0.05) is 6.42 Å². The first kappa shape index (κ1) is 8.44. The van der Waals surface area contributed by atoms with Crippen molar-refractivity contribution < 1.29 is 18.9 Å². The molecule has 0 amide bonds. The first-order valence-electron chi connectivity index (χ1n) is 4.38. The molecule has 0 radical (unpaired) electrons. The Morgan fingerprint density at radius 2 is 2.08 bits per heavy atom. The van der Waals surface area contributed by atoms with Crippen LogP contribution in [0.25, 0.3) is 0 Å². The van der Waals surface area contributed by atoms with Crippen LogP contribution in [-0.4, -0.2) is 45.4 Å². The lowest BCUT2D eigenvalue weighted by molar-refractivity contribution is -0.219. The third kappa shape index (κ3) is 2.71. The first-order chi connectivity index (χ1) is 5.95. The Hall–Kier alpha value is -0.160. The summed E-state index contributed by atoms with van der Waals surface area (Å²) < 4.78 is 20.6. The minimum Gasteiger partial charge on any atom is -0.376 e. The molecule has 12 heavy (non-hydrogen) atoms.